The quantitative estimate of drug-likeness (QED) is 0.911. The van der Waals surface area contributed by atoms with E-state index >= 15 is 0 Å². The molecule has 1 heterocycles. The van der Waals surface area contributed by atoms with Crippen LogP contribution >= 0.6 is 11.3 Å². The molecule has 0 saturated carbocycles. The van der Waals surface area contributed by atoms with Crippen molar-refractivity contribution >= 4 is 37.5 Å². The predicted molar refractivity (Wildman–Crippen MR) is 71.8 cm³/mol. The molecule has 0 bridgehead atoms. The highest BCUT2D eigenvalue weighted by Crippen LogP contribution is 2.26. The molecular formula is C11H14N2OS2. The molecule has 5 heteroatoms. The third kappa shape index (κ3) is 2.80. The average Bonchev–Trinajstić information content (AvgIpc) is 2.58. The normalized spacial score (nSPS) is 12.9. The lowest BCUT2D eigenvalue weighted by Crippen LogP contribution is -2.09. The second-order valence-electron chi connectivity index (χ2n) is 3.69. The van der Waals surface area contributed by atoms with Crippen LogP contribution in [0.2, 0.25) is 0 Å². The number of anilines is 1. The SMILES string of the molecule is Cc1ccc2sc(NCCS(C)=O)nc2c1. The number of nitrogens with one attached hydrogen (secondary N) is 1. The third-order valence-electron chi connectivity index (χ3n) is 2.21. The third-order valence-corrected chi connectivity index (χ3v) is 3.98. The molecule has 2 aromatic rings. The summed E-state index contributed by atoms with van der Waals surface area (Å²) in [6, 6.07) is 6.26. The Morgan fingerprint density at radius 1 is 1.50 bits per heavy atom. The smallest absolute Gasteiger partial charge is 0.183 e. The van der Waals surface area contributed by atoms with Gasteiger partial charge in [0.2, 0.25) is 0 Å². The van der Waals surface area contributed by atoms with Crippen LogP contribution in [0.1, 0.15) is 5.56 Å². The first kappa shape index (κ1) is 11.5. The van der Waals surface area contributed by atoms with Crippen LogP contribution in [-0.2, 0) is 10.8 Å². The summed E-state index contributed by atoms with van der Waals surface area (Å²) < 4.78 is 12.1. The Bertz CT molecular complexity index is 522. The Balaban J connectivity index is 2.10. The minimum atomic E-state index is -0.746. The molecule has 0 fully saturated rings. The fourth-order valence-corrected chi connectivity index (χ4v) is 2.68. The maximum Gasteiger partial charge on any atom is 0.183 e. The van der Waals surface area contributed by atoms with Crippen LogP contribution in [0.25, 0.3) is 10.2 Å². The van der Waals surface area contributed by atoms with Crippen LogP contribution in [0, 0.1) is 6.92 Å². The van der Waals surface area contributed by atoms with E-state index in [4.69, 9.17) is 0 Å². The van der Waals surface area contributed by atoms with E-state index in [0.717, 1.165) is 10.6 Å². The Morgan fingerprint density at radius 2 is 2.31 bits per heavy atom. The van der Waals surface area contributed by atoms with Gasteiger partial charge in [-0.05, 0) is 24.6 Å². The summed E-state index contributed by atoms with van der Waals surface area (Å²) in [6.07, 6.45) is 1.71. The zero-order valence-corrected chi connectivity index (χ0v) is 11.0. The van der Waals surface area contributed by atoms with Crippen LogP contribution in [0.3, 0.4) is 0 Å². The Morgan fingerprint density at radius 3 is 3.06 bits per heavy atom. The number of rotatable bonds is 4. The molecule has 2 rings (SSSR count). The van der Waals surface area contributed by atoms with Crippen molar-refractivity contribution in [1.82, 2.24) is 4.98 Å². The predicted octanol–water partition coefficient (Wildman–Crippen LogP) is 2.40. The Labute approximate surface area is 101 Å². The summed E-state index contributed by atoms with van der Waals surface area (Å²) in [4.78, 5) is 4.48. The van der Waals surface area contributed by atoms with E-state index in [1.54, 1.807) is 17.6 Å². The van der Waals surface area contributed by atoms with Crippen molar-refractivity contribution in [1.29, 1.82) is 0 Å². The molecule has 1 N–H and O–H groups in total. The summed E-state index contributed by atoms with van der Waals surface area (Å²) >= 11 is 1.64. The monoisotopic (exact) mass is 254 g/mol. The van der Waals surface area contributed by atoms with Gasteiger partial charge in [-0.1, -0.05) is 17.4 Å². The maximum atomic E-state index is 10.9. The van der Waals surface area contributed by atoms with Crippen LogP contribution in [0.5, 0.6) is 0 Å². The molecule has 0 aliphatic carbocycles. The van der Waals surface area contributed by atoms with Gasteiger partial charge in [0.25, 0.3) is 0 Å². The highest BCUT2D eigenvalue weighted by atomic mass is 32.2. The van der Waals surface area contributed by atoms with Gasteiger partial charge in [0.05, 0.1) is 10.2 Å². The molecule has 16 heavy (non-hydrogen) atoms. The van der Waals surface area contributed by atoms with E-state index in [0.29, 0.717) is 12.3 Å². The average molecular weight is 254 g/mol. The number of aromatic nitrogens is 1. The van der Waals surface area contributed by atoms with Gasteiger partial charge in [0.1, 0.15) is 0 Å². The molecule has 0 spiro atoms. The zero-order valence-electron chi connectivity index (χ0n) is 9.32. The number of nitrogens with zero attached hydrogens (tertiary/aromatic N) is 1. The van der Waals surface area contributed by atoms with E-state index in [1.165, 1.54) is 10.3 Å². The van der Waals surface area contributed by atoms with Gasteiger partial charge in [-0.3, -0.25) is 4.21 Å². The maximum absolute atomic E-state index is 10.9. The summed E-state index contributed by atoms with van der Waals surface area (Å²) in [6.45, 7) is 2.77. The highest BCUT2D eigenvalue weighted by molar-refractivity contribution is 7.84. The van der Waals surface area contributed by atoms with Crippen molar-refractivity contribution in [2.45, 2.75) is 6.92 Å². The molecular weight excluding hydrogens is 240 g/mol. The van der Waals surface area contributed by atoms with Gasteiger partial charge in [-0.25, -0.2) is 4.98 Å². The number of aryl methyl sites for hydroxylation is 1. The molecule has 0 amide bonds. The van der Waals surface area contributed by atoms with E-state index in [1.807, 2.05) is 0 Å². The Hall–Kier alpha value is -0.940. The second-order valence-corrected chi connectivity index (χ2v) is 6.28. The van der Waals surface area contributed by atoms with Crippen LogP contribution in [-0.4, -0.2) is 27.7 Å². The van der Waals surface area contributed by atoms with Crippen molar-refractivity contribution in [3.63, 3.8) is 0 Å². The topological polar surface area (TPSA) is 42.0 Å². The fourth-order valence-electron chi connectivity index (χ4n) is 1.41. The highest BCUT2D eigenvalue weighted by Gasteiger charge is 2.03. The van der Waals surface area contributed by atoms with Gasteiger partial charge >= 0.3 is 0 Å². The van der Waals surface area contributed by atoms with Gasteiger partial charge in [0, 0.05) is 29.4 Å². The standard InChI is InChI=1S/C11H14N2OS2/c1-8-3-4-10-9(7-8)13-11(15-10)12-5-6-16(2)14/h3-4,7H,5-6H2,1-2H3,(H,12,13). The van der Waals surface area contributed by atoms with Gasteiger partial charge in [0.15, 0.2) is 5.13 Å². The van der Waals surface area contributed by atoms with E-state index in [9.17, 15) is 4.21 Å². The molecule has 0 radical (unpaired) electrons. The minimum Gasteiger partial charge on any atom is -0.361 e. The van der Waals surface area contributed by atoms with Crippen LogP contribution in [0.15, 0.2) is 18.2 Å². The van der Waals surface area contributed by atoms with Crippen molar-refractivity contribution in [3.05, 3.63) is 23.8 Å². The lowest BCUT2D eigenvalue weighted by atomic mass is 10.2. The molecule has 3 nitrogen and oxygen atoms in total. The number of benzene rings is 1. The first-order chi connectivity index (χ1) is 7.65. The second kappa shape index (κ2) is 4.93. The number of hydrogen-bond acceptors (Lipinski definition) is 4. The summed E-state index contributed by atoms with van der Waals surface area (Å²) in [5, 5.41) is 4.11. The van der Waals surface area contributed by atoms with E-state index < -0.39 is 10.8 Å². The van der Waals surface area contributed by atoms with Crippen LogP contribution < -0.4 is 5.32 Å². The van der Waals surface area contributed by atoms with E-state index in [2.05, 4.69) is 35.4 Å². The number of thiazole rings is 1. The first-order valence-electron chi connectivity index (χ1n) is 5.06. The lowest BCUT2D eigenvalue weighted by molar-refractivity contribution is 0.687. The summed E-state index contributed by atoms with van der Waals surface area (Å²) in [5.74, 6) is 0.662. The fraction of sp³-hybridized carbons (Fsp3) is 0.364. The molecule has 1 aromatic carbocycles. The first-order valence-corrected chi connectivity index (χ1v) is 7.60. The van der Waals surface area contributed by atoms with Crippen molar-refractivity contribution < 1.29 is 4.21 Å². The lowest BCUT2D eigenvalue weighted by Gasteiger charge is -1.98. The largest absolute Gasteiger partial charge is 0.361 e. The summed E-state index contributed by atoms with van der Waals surface area (Å²) in [7, 11) is -0.746. The molecule has 1 atom stereocenters. The molecule has 0 saturated heterocycles. The molecule has 0 aliphatic heterocycles. The number of hydrogen-bond donors (Lipinski definition) is 1. The minimum absolute atomic E-state index is 0.662. The number of fused-ring (bicyclic) bond motifs is 1. The zero-order chi connectivity index (χ0) is 11.5. The van der Waals surface area contributed by atoms with Gasteiger partial charge in [-0.2, -0.15) is 0 Å². The molecule has 1 unspecified atom stereocenters. The molecule has 1 aromatic heterocycles. The summed E-state index contributed by atoms with van der Waals surface area (Å²) in [5.41, 5.74) is 2.25. The van der Waals surface area contributed by atoms with Gasteiger partial charge in [-0.15, -0.1) is 0 Å². The molecule has 86 valence electrons. The molecule has 0 aliphatic rings. The van der Waals surface area contributed by atoms with E-state index in [-0.39, 0.29) is 0 Å². The van der Waals surface area contributed by atoms with Gasteiger partial charge < -0.3 is 5.32 Å². The van der Waals surface area contributed by atoms with Crippen molar-refractivity contribution in [3.8, 4) is 0 Å². The van der Waals surface area contributed by atoms with Crippen molar-refractivity contribution in [2.75, 3.05) is 23.9 Å². The van der Waals surface area contributed by atoms with Crippen molar-refractivity contribution in [2.24, 2.45) is 0 Å². The Kier molecular flexibility index (Phi) is 3.56. The van der Waals surface area contributed by atoms with Crippen LogP contribution in [0.4, 0.5) is 5.13 Å².